The number of hydrogen-bond acceptors (Lipinski definition) is 8. The monoisotopic (exact) mass is 321 g/mol. The number of aliphatic hydroxyl groups excluding tert-OH is 1. The van der Waals surface area contributed by atoms with Crippen LogP contribution in [0.2, 0.25) is 0 Å². The molecule has 10 nitrogen and oxygen atoms in total. The van der Waals surface area contributed by atoms with Gasteiger partial charge in [-0.25, -0.2) is 4.79 Å². The molecule has 1 aromatic rings. The summed E-state index contributed by atoms with van der Waals surface area (Å²) in [6.07, 6.45) is -0.489. The molecule has 0 amide bonds. The first-order valence-corrected chi connectivity index (χ1v) is 7.26. The Bertz CT molecular complexity index is 588. The molecule has 1 aliphatic rings. The number of nitrogen functional groups attached to an aromatic ring is 1. The number of methoxy groups -OCH3 is 1. The number of nitrogens with two attached hydrogens (primary N) is 1. The van der Waals surface area contributed by atoms with Crippen LogP contribution < -0.4 is 11.4 Å². The molecule has 0 radical (unpaired) electrons. The van der Waals surface area contributed by atoms with Gasteiger partial charge in [-0.1, -0.05) is 0 Å². The van der Waals surface area contributed by atoms with Crippen molar-refractivity contribution in [1.29, 1.82) is 0 Å². The molecule has 0 bridgehead atoms. The van der Waals surface area contributed by atoms with E-state index in [1.54, 1.807) is 0 Å². The number of anilines is 1. The Kier molecular flexibility index (Phi) is 4.77. The van der Waals surface area contributed by atoms with Gasteiger partial charge in [0.25, 0.3) is 0 Å². The Hall–Kier alpha value is -1.29. The van der Waals surface area contributed by atoms with Crippen LogP contribution in [0.15, 0.2) is 17.1 Å². The van der Waals surface area contributed by atoms with E-state index in [2.05, 4.69) is 4.98 Å². The lowest BCUT2D eigenvalue weighted by Crippen LogP contribution is -2.45. The minimum Gasteiger partial charge on any atom is -0.391 e. The highest BCUT2D eigenvalue weighted by Gasteiger charge is 2.51. The number of nitrogens with zero attached hydrogens (tertiary/aromatic N) is 2. The predicted molar refractivity (Wildman–Crippen MR) is 70.6 cm³/mol. The Balaban J connectivity index is 2.32. The van der Waals surface area contributed by atoms with Crippen LogP contribution in [0, 0.1) is 0 Å². The van der Waals surface area contributed by atoms with Crippen LogP contribution in [-0.4, -0.2) is 45.2 Å². The maximum atomic E-state index is 11.8. The molecule has 21 heavy (non-hydrogen) atoms. The number of aromatic nitrogens is 2. The average molecular weight is 321 g/mol. The fraction of sp³-hybridized carbons (Fsp3) is 0.600. The minimum atomic E-state index is -3.27. The molecular weight excluding hydrogens is 305 g/mol. The fourth-order valence-electron chi connectivity index (χ4n) is 2.18. The molecule has 11 heteroatoms. The van der Waals surface area contributed by atoms with Gasteiger partial charge < -0.3 is 29.7 Å². The van der Waals surface area contributed by atoms with E-state index in [1.807, 2.05) is 0 Å². The summed E-state index contributed by atoms with van der Waals surface area (Å²) in [6.45, 7) is -0.614. The molecule has 118 valence electrons. The molecule has 1 fully saturated rings. The van der Waals surface area contributed by atoms with Crippen LogP contribution in [0.4, 0.5) is 5.82 Å². The first-order valence-electron chi connectivity index (χ1n) is 6.00. The van der Waals surface area contributed by atoms with E-state index in [0.29, 0.717) is 0 Å². The largest absolute Gasteiger partial charge is 0.391 e. The van der Waals surface area contributed by atoms with Crippen molar-refractivity contribution in [1.82, 2.24) is 9.55 Å². The average Bonchev–Trinajstić information content (AvgIpc) is 2.77. The predicted octanol–water partition coefficient (Wildman–Crippen LogP) is -1.15. The zero-order valence-electron chi connectivity index (χ0n) is 11.1. The third-order valence-corrected chi connectivity index (χ3v) is 3.70. The van der Waals surface area contributed by atoms with Crippen molar-refractivity contribution >= 4 is 14.1 Å². The Morgan fingerprint density at radius 2 is 2.43 bits per heavy atom. The van der Waals surface area contributed by atoms with Crippen molar-refractivity contribution < 1.29 is 28.6 Å². The highest BCUT2D eigenvalue weighted by Crippen LogP contribution is 2.41. The van der Waals surface area contributed by atoms with Crippen LogP contribution in [0.5, 0.6) is 0 Å². The van der Waals surface area contributed by atoms with Crippen LogP contribution in [0.3, 0.4) is 0 Å². The smallest absolute Gasteiger partial charge is 0.351 e. The van der Waals surface area contributed by atoms with E-state index in [0.717, 1.165) is 4.57 Å². The number of rotatable bonds is 5. The lowest BCUT2D eigenvalue weighted by atomic mass is 10.1. The SMILES string of the molecule is CO[C@]1(CO)O[C@@H](n2ccc(N)nc2=O)CC1O[PH](=O)O. The van der Waals surface area contributed by atoms with Crippen molar-refractivity contribution in [2.45, 2.75) is 24.5 Å². The Labute approximate surface area is 120 Å². The third kappa shape index (κ3) is 3.15. The summed E-state index contributed by atoms with van der Waals surface area (Å²) in [6, 6.07) is 1.40. The molecule has 1 aliphatic heterocycles. The lowest BCUT2D eigenvalue weighted by Gasteiger charge is -2.29. The van der Waals surface area contributed by atoms with Gasteiger partial charge in [-0.2, -0.15) is 4.98 Å². The summed E-state index contributed by atoms with van der Waals surface area (Å²) < 4.78 is 27.5. The first-order chi connectivity index (χ1) is 9.91. The van der Waals surface area contributed by atoms with Gasteiger partial charge >= 0.3 is 13.9 Å². The summed E-state index contributed by atoms with van der Waals surface area (Å²) in [7, 11) is -2.02. The quantitative estimate of drug-likeness (QED) is 0.572. The van der Waals surface area contributed by atoms with Gasteiger partial charge in [-0.15, -0.1) is 0 Å². The highest BCUT2D eigenvalue weighted by atomic mass is 31.1. The Morgan fingerprint density at radius 3 is 2.95 bits per heavy atom. The highest BCUT2D eigenvalue weighted by molar-refractivity contribution is 7.32. The number of aliphatic hydroxyl groups is 1. The molecule has 4 N–H and O–H groups in total. The summed E-state index contributed by atoms with van der Waals surface area (Å²) in [5.41, 5.74) is 4.75. The van der Waals surface area contributed by atoms with Crippen molar-refractivity contribution in [3.63, 3.8) is 0 Å². The molecule has 0 aromatic carbocycles. The number of hydrogen-bond donors (Lipinski definition) is 3. The summed E-state index contributed by atoms with van der Waals surface area (Å²) in [4.78, 5) is 24.3. The van der Waals surface area contributed by atoms with Gasteiger partial charge in [0.2, 0.25) is 5.79 Å². The van der Waals surface area contributed by atoms with E-state index >= 15 is 0 Å². The maximum Gasteiger partial charge on any atom is 0.351 e. The zero-order valence-corrected chi connectivity index (χ0v) is 12.1. The van der Waals surface area contributed by atoms with Gasteiger partial charge in [0.15, 0.2) is 0 Å². The van der Waals surface area contributed by atoms with Crippen molar-refractivity contribution in [2.24, 2.45) is 0 Å². The molecule has 2 heterocycles. The van der Waals surface area contributed by atoms with Gasteiger partial charge in [-0.3, -0.25) is 9.13 Å². The molecule has 2 rings (SSSR count). The third-order valence-electron chi connectivity index (χ3n) is 3.21. The molecule has 2 unspecified atom stereocenters. The topological polar surface area (TPSA) is 146 Å². The summed E-state index contributed by atoms with van der Waals surface area (Å²) >= 11 is 0. The normalized spacial score (nSPS) is 30.4. The molecule has 1 aromatic heterocycles. The van der Waals surface area contributed by atoms with E-state index in [4.69, 9.17) is 24.6 Å². The molecule has 0 aliphatic carbocycles. The fourth-order valence-corrected chi connectivity index (χ4v) is 2.69. The van der Waals surface area contributed by atoms with Crippen LogP contribution >= 0.6 is 8.25 Å². The summed E-state index contributed by atoms with van der Waals surface area (Å²) in [5.74, 6) is -1.57. The van der Waals surface area contributed by atoms with E-state index in [1.165, 1.54) is 19.4 Å². The minimum absolute atomic E-state index is 0.0247. The van der Waals surface area contributed by atoms with Crippen molar-refractivity contribution in [3.8, 4) is 0 Å². The maximum absolute atomic E-state index is 11.8. The van der Waals surface area contributed by atoms with Crippen LogP contribution in [-0.2, 0) is 18.6 Å². The van der Waals surface area contributed by atoms with Crippen LogP contribution in [0.1, 0.15) is 12.6 Å². The molecule has 1 saturated heterocycles. The van der Waals surface area contributed by atoms with Gasteiger partial charge in [0.1, 0.15) is 18.1 Å². The van der Waals surface area contributed by atoms with E-state index < -0.39 is 38.7 Å². The van der Waals surface area contributed by atoms with Gasteiger partial charge in [0.05, 0.1) is 6.61 Å². The van der Waals surface area contributed by atoms with E-state index in [9.17, 15) is 14.5 Å². The molecule has 4 atom stereocenters. The second-order valence-electron chi connectivity index (χ2n) is 4.40. The standard InChI is InChI=1S/C10H16N3O7P/c1-18-10(5-14)6(20-21(16)17)4-8(19-10)13-3-2-7(11)12-9(13)15/h2-3,6,8,14,21H,4-5H2,1H3,(H,16,17)(H2,11,12,15)/t6?,8-,10-/m1/s1. The Morgan fingerprint density at radius 1 is 1.71 bits per heavy atom. The van der Waals surface area contributed by atoms with Crippen molar-refractivity contribution in [3.05, 3.63) is 22.7 Å². The molecular formula is C10H16N3O7P. The summed E-state index contributed by atoms with van der Waals surface area (Å²) in [5, 5.41) is 9.45. The van der Waals surface area contributed by atoms with Gasteiger partial charge in [-0.05, 0) is 6.07 Å². The molecule has 0 saturated carbocycles. The first kappa shape index (κ1) is 16.1. The molecule has 0 spiro atoms. The lowest BCUT2D eigenvalue weighted by molar-refractivity contribution is -0.266. The number of ether oxygens (including phenoxy) is 2. The van der Waals surface area contributed by atoms with Crippen molar-refractivity contribution in [2.75, 3.05) is 19.5 Å². The van der Waals surface area contributed by atoms with Crippen LogP contribution in [0.25, 0.3) is 0 Å². The van der Waals surface area contributed by atoms with Gasteiger partial charge in [0, 0.05) is 19.7 Å². The van der Waals surface area contributed by atoms with E-state index in [-0.39, 0.29) is 12.2 Å². The second-order valence-corrected chi connectivity index (χ2v) is 5.16. The zero-order chi connectivity index (χ0) is 15.6. The second kappa shape index (κ2) is 6.22.